The maximum atomic E-state index is 13.5. The topological polar surface area (TPSA) is 21.1 Å². The highest BCUT2D eigenvalue weighted by Crippen LogP contribution is 2.33. The lowest BCUT2D eigenvalue weighted by atomic mass is 10.1. The number of rotatable bonds is 1. The van der Waals surface area contributed by atoms with Crippen molar-refractivity contribution >= 4 is 28.1 Å². The molecular formula is C19H16F3N3S. The fourth-order valence-electron chi connectivity index (χ4n) is 3.26. The summed E-state index contributed by atoms with van der Waals surface area (Å²) in [6.45, 7) is 1.34. The molecule has 4 rings (SSSR count). The molecule has 7 heteroatoms. The Balaban J connectivity index is 1.80. The standard InChI is InChI=1S/C19H16F3N3S/c20-19(21,22)17-12-16(23-25(17)18(26)24-9-3-4-10-24)15-8-7-13-5-1-2-6-14(13)11-15/h1-2,5-8,11-12H,3-4,9-10H2. The van der Waals surface area contributed by atoms with Crippen LogP contribution in [-0.2, 0) is 6.18 Å². The van der Waals surface area contributed by atoms with Gasteiger partial charge in [0.15, 0.2) is 10.8 Å². The van der Waals surface area contributed by atoms with Gasteiger partial charge in [-0.15, -0.1) is 0 Å². The molecule has 134 valence electrons. The highest BCUT2D eigenvalue weighted by Gasteiger charge is 2.38. The van der Waals surface area contributed by atoms with Crippen LogP contribution in [0.1, 0.15) is 18.5 Å². The number of nitrogens with zero attached hydrogens (tertiary/aromatic N) is 3. The van der Waals surface area contributed by atoms with Gasteiger partial charge in [-0.2, -0.15) is 18.3 Å². The fraction of sp³-hybridized carbons (Fsp3) is 0.263. The monoisotopic (exact) mass is 375 g/mol. The van der Waals surface area contributed by atoms with Gasteiger partial charge in [0.25, 0.3) is 0 Å². The van der Waals surface area contributed by atoms with Crippen molar-refractivity contribution in [3.63, 3.8) is 0 Å². The van der Waals surface area contributed by atoms with Crippen LogP contribution < -0.4 is 0 Å². The second-order valence-electron chi connectivity index (χ2n) is 6.36. The van der Waals surface area contributed by atoms with Gasteiger partial charge >= 0.3 is 6.18 Å². The van der Waals surface area contributed by atoms with Crippen LogP contribution in [0, 0.1) is 0 Å². The van der Waals surface area contributed by atoms with Gasteiger partial charge in [0.05, 0.1) is 5.69 Å². The van der Waals surface area contributed by atoms with Gasteiger partial charge in [0, 0.05) is 18.7 Å². The lowest BCUT2D eigenvalue weighted by molar-refractivity contribution is -0.142. The summed E-state index contributed by atoms with van der Waals surface area (Å²) in [6.07, 6.45) is -2.66. The summed E-state index contributed by atoms with van der Waals surface area (Å²) >= 11 is 5.30. The number of thiocarbonyl (C=S) groups is 1. The van der Waals surface area contributed by atoms with E-state index in [2.05, 4.69) is 5.10 Å². The molecule has 3 aromatic rings. The van der Waals surface area contributed by atoms with Crippen molar-refractivity contribution in [3.05, 3.63) is 54.2 Å². The van der Waals surface area contributed by atoms with E-state index in [0.29, 0.717) is 18.7 Å². The molecule has 1 aromatic heterocycles. The maximum absolute atomic E-state index is 13.5. The Labute approximate surface area is 154 Å². The maximum Gasteiger partial charge on any atom is 0.433 e. The van der Waals surface area contributed by atoms with Crippen LogP contribution in [-0.4, -0.2) is 32.9 Å². The second-order valence-corrected chi connectivity index (χ2v) is 6.73. The van der Waals surface area contributed by atoms with Crippen LogP contribution in [0.2, 0.25) is 0 Å². The number of hydrogen-bond acceptors (Lipinski definition) is 2. The van der Waals surface area contributed by atoms with Gasteiger partial charge in [-0.25, -0.2) is 4.68 Å². The van der Waals surface area contributed by atoms with E-state index < -0.39 is 11.9 Å². The highest BCUT2D eigenvalue weighted by atomic mass is 32.1. The number of benzene rings is 2. The van der Waals surface area contributed by atoms with Crippen LogP contribution in [0.4, 0.5) is 13.2 Å². The molecule has 0 atom stereocenters. The molecule has 0 aliphatic carbocycles. The summed E-state index contributed by atoms with van der Waals surface area (Å²) in [6, 6.07) is 14.3. The highest BCUT2D eigenvalue weighted by molar-refractivity contribution is 7.80. The molecule has 1 saturated heterocycles. The zero-order chi connectivity index (χ0) is 18.3. The summed E-state index contributed by atoms with van der Waals surface area (Å²) in [5, 5.41) is 6.31. The molecule has 0 saturated carbocycles. The van der Waals surface area contributed by atoms with E-state index in [1.54, 1.807) is 11.0 Å². The van der Waals surface area contributed by atoms with E-state index in [9.17, 15) is 13.2 Å². The van der Waals surface area contributed by atoms with Crippen LogP contribution in [0.3, 0.4) is 0 Å². The Morgan fingerprint density at radius 3 is 2.35 bits per heavy atom. The first-order valence-corrected chi connectivity index (χ1v) is 8.80. The molecule has 1 fully saturated rings. The number of fused-ring (bicyclic) bond motifs is 1. The van der Waals surface area contributed by atoms with E-state index in [0.717, 1.165) is 34.4 Å². The summed E-state index contributed by atoms with van der Waals surface area (Å²) < 4.78 is 41.5. The van der Waals surface area contributed by atoms with Gasteiger partial charge in [-0.1, -0.05) is 36.4 Å². The lowest BCUT2D eigenvalue weighted by Crippen LogP contribution is -2.34. The minimum absolute atomic E-state index is 0.113. The van der Waals surface area contributed by atoms with Crippen LogP contribution >= 0.6 is 12.2 Å². The number of hydrogen-bond donors (Lipinski definition) is 0. The largest absolute Gasteiger partial charge is 0.433 e. The quantitative estimate of drug-likeness (QED) is 0.562. The number of alkyl halides is 3. The molecule has 0 N–H and O–H groups in total. The summed E-state index contributed by atoms with van der Waals surface area (Å²) in [5.41, 5.74) is 0.0688. The lowest BCUT2D eigenvalue weighted by Gasteiger charge is -2.20. The van der Waals surface area contributed by atoms with Gasteiger partial charge < -0.3 is 4.90 Å². The Morgan fingerprint density at radius 1 is 0.962 bits per heavy atom. The molecule has 0 bridgehead atoms. The Kier molecular flexibility index (Phi) is 4.19. The average Bonchev–Trinajstić information content (AvgIpc) is 3.30. The van der Waals surface area contributed by atoms with E-state index >= 15 is 0 Å². The van der Waals surface area contributed by atoms with Crippen molar-refractivity contribution in [2.75, 3.05) is 13.1 Å². The minimum Gasteiger partial charge on any atom is -0.347 e. The third kappa shape index (κ3) is 3.07. The molecule has 26 heavy (non-hydrogen) atoms. The third-order valence-corrected chi connectivity index (χ3v) is 5.03. The van der Waals surface area contributed by atoms with Crippen molar-refractivity contribution in [1.29, 1.82) is 0 Å². The zero-order valence-corrected chi connectivity index (χ0v) is 14.6. The Morgan fingerprint density at radius 2 is 1.65 bits per heavy atom. The first-order chi connectivity index (χ1) is 12.4. The Hall–Kier alpha value is -2.41. The summed E-state index contributed by atoms with van der Waals surface area (Å²) in [4.78, 5) is 1.78. The summed E-state index contributed by atoms with van der Waals surface area (Å²) in [7, 11) is 0. The van der Waals surface area contributed by atoms with Gasteiger partial charge in [0.2, 0.25) is 0 Å². The normalized spacial score (nSPS) is 15.0. The van der Waals surface area contributed by atoms with E-state index in [1.807, 2.05) is 36.4 Å². The van der Waals surface area contributed by atoms with Crippen molar-refractivity contribution in [3.8, 4) is 11.3 Å². The fourth-order valence-corrected chi connectivity index (χ4v) is 3.58. The molecule has 0 spiro atoms. The number of aromatic nitrogens is 2. The third-order valence-electron chi connectivity index (χ3n) is 4.60. The first-order valence-electron chi connectivity index (χ1n) is 8.39. The molecule has 2 aromatic carbocycles. The van der Waals surface area contributed by atoms with Crippen molar-refractivity contribution < 1.29 is 13.2 Å². The molecule has 0 unspecified atom stereocenters. The number of halogens is 3. The van der Waals surface area contributed by atoms with Crippen molar-refractivity contribution in [2.24, 2.45) is 0 Å². The van der Waals surface area contributed by atoms with E-state index in [1.165, 1.54) is 0 Å². The molecule has 1 aliphatic heterocycles. The molecule has 3 nitrogen and oxygen atoms in total. The van der Waals surface area contributed by atoms with Crippen LogP contribution in [0.15, 0.2) is 48.5 Å². The molecule has 0 amide bonds. The molecular weight excluding hydrogens is 359 g/mol. The summed E-state index contributed by atoms with van der Waals surface area (Å²) in [5.74, 6) is 0. The zero-order valence-electron chi connectivity index (χ0n) is 13.8. The predicted molar refractivity (Wildman–Crippen MR) is 99.0 cm³/mol. The predicted octanol–water partition coefficient (Wildman–Crippen LogP) is 4.95. The van der Waals surface area contributed by atoms with Crippen molar-refractivity contribution in [1.82, 2.24) is 14.7 Å². The second kappa shape index (κ2) is 6.39. The molecule has 2 heterocycles. The Bertz CT molecular complexity index is 972. The van der Waals surface area contributed by atoms with Crippen LogP contribution in [0.5, 0.6) is 0 Å². The van der Waals surface area contributed by atoms with Gasteiger partial charge in [-0.3, -0.25) is 0 Å². The number of likely N-dealkylation sites (tertiary alicyclic amines) is 1. The van der Waals surface area contributed by atoms with Crippen LogP contribution in [0.25, 0.3) is 22.0 Å². The van der Waals surface area contributed by atoms with Gasteiger partial charge in [0.1, 0.15) is 0 Å². The molecule has 1 aliphatic rings. The van der Waals surface area contributed by atoms with Crippen molar-refractivity contribution in [2.45, 2.75) is 19.0 Å². The molecule has 0 radical (unpaired) electrons. The van der Waals surface area contributed by atoms with E-state index in [-0.39, 0.29) is 10.8 Å². The minimum atomic E-state index is -4.52. The van der Waals surface area contributed by atoms with Gasteiger partial charge in [-0.05, 0) is 48.0 Å². The SMILES string of the molecule is FC(F)(F)c1cc(-c2ccc3ccccc3c2)nn1C(=S)N1CCCC1. The average molecular weight is 375 g/mol. The van der Waals surface area contributed by atoms with E-state index in [4.69, 9.17) is 12.2 Å². The smallest absolute Gasteiger partial charge is 0.347 e. The first kappa shape index (κ1) is 17.0.